The smallest absolute Gasteiger partial charge is 0.168 e. The number of aromatic nitrogens is 1. The summed E-state index contributed by atoms with van der Waals surface area (Å²) in [6.45, 7) is 0. The van der Waals surface area contributed by atoms with Crippen molar-refractivity contribution in [3.05, 3.63) is 64.7 Å². The highest BCUT2D eigenvalue weighted by Crippen LogP contribution is 2.20. The Balaban J connectivity index is 1.86. The number of thiophene rings is 1. The quantitative estimate of drug-likeness (QED) is 0.682. The zero-order valence-corrected chi connectivity index (χ0v) is 11.1. The van der Waals surface area contributed by atoms with E-state index < -0.39 is 11.6 Å². The first-order chi connectivity index (χ1) is 9.63. The summed E-state index contributed by atoms with van der Waals surface area (Å²) in [5.74, 6) is -2.02. The summed E-state index contributed by atoms with van der Waals surface area (Å²) in [5, 5.41) is 1.90. The van der Waals surface area contributed by atoms with Crippen LogP contribution in [0.4, 0.5) is 8.78 Å². The Bertz CT molecular complexity index is 797. The lowest BCUT2D eigenvalue weighted by atomic mass is 10.0. The molecular weight excluding hydrogens is 280 g/mol. The Kier molecular flexibility index (Phi) is 3.28. The van der Waals surface area contributed by atoms with Gasteiger partial charge >= 0.3 is 0 Å². The molecule has 100 valence electrons. The molecule has 20 heavy (non-hydrogen) atoms. The lowest BCUT2D eigenvalue weighted by Crippen LogP contribution is -2.04. The number of fused-ring (bicyclic) bond motifs is 1. The number of pyridine rings is 1. The molecule has 2 aromatic heterocycles. The molecule has 0 N–H and O–H groups in total. The van der Waals surface area contributed by atoms with Crippen molar-refractivity contribution in [1.29, 1.82) is 0 Å². The summed E-state index contributed by atoms with van der Waals surface area (Å²) < 4.78 is 26.9. The van der Waals surface area contributed by atoms with Gasteiger partial charge in [0.15, 0.2) is 17.4 Å². The molecule has 0 spiro atoms. The topological polar surface area (TPSA) is 30.0 Å². The lowest BCUT2D eigenvalue weighted by molar-refractivity contribution is 0.0992. The normalized spacial score (nSPS) is 10.9. The van der Waals surface area contributed by atoms with Crippen LogP contribution in [0.5, 0.6) is 0 Å². The number of hydrogen-bond acceptors (Lipinski definition) is 3. The van der Waals surface area contributed by atoms with Crippen LogP contribution in [0.3, 0.4) is 0 Å². The van der Waals surface area contributed by atoms with Crippen molar-refractivity contribution in [3.8, 4) is 0 Å². The van der Waals surface area contributed by atoms with Crippen molar-refractivity contribution in [3.63, 3.8) is 0 Å². The van der Waals surface area contributed by atoms with E-state index in [1.807, 2.05) is 11.4 Å². The van der Waals surface area contributed by atoms with E-state index in [0.717, 1.165) is 22.3 Å². The van der Waals surface area contributed by atoms with Crippen LogP contribution in [0.2, 0.25) is 0 Å². The van der Waals surface area contributed by atoms with Gasteiger partial charge in [0.2, 0.25) is 0 Å². The molecule has 3 aromatic rings. The summed E-state index contributed by atoms with van der Waals surface area (Å²) in [5.41, 5.74) is 1.77. The second-order valence-corrected chi connectivity index (χ2v) is 5.32. The largest absolute Gasteiger partial charge is 0.294 e. The molecule has 0 atom stereocenters. The third-order valence-corrected chi connectivity index (χ3v) is 3.83. The minimum atomic E-state index is -0.942. The van der Waals surface area contributed by atoms with Gasteiger partial charge in [0.05, 0.1) is 10.2 Å². The van der Waals surface area contributed by atoms with Gasteiger partial charge in [-0.1, -0.05) is 6.07 Å². The zero-order valence-electron chi connectivity index (χ0n) is 10.3. The molecule has 0 saturated heterocycles. The number of halogens is 2. The van der Waals surface area contributed by atoms with Gasteiger partial charge in [-0.2, -0.15) is 0 Å². The zero-order chi connectivity index (χ0) is 14.1. The first kappa shape index (κ1) is 12.9. The fourth-order valence-corrected chi connectivity index (χ4v) is 2.72. The van der Waals surface area contributed by atoms with Gasteiger partial charge in [-0.15, -0.1) is 11.3 Å². The third-order valence-electron chi connectivity index (χ3n) is 2.97. The van der Waals surface area contributed by atoms with Crippen LogP contribution in [0.1, 0.15) is 15.9 Å². The van der Waals surface area contributed by atoms with Crippen molar-refractivity contribution >= 4 is 27.3 Å². The molecule has 0 aliphatic heterocycles. The first-order valence-electron chi connectivity index (χ1n) is 5.94. The SMILES string of the molecule is O=C(Cc1ccc(F)c(F)c1)c1cnc2ccsc2c1. The molecule has 0 fully saturated rings. The van der Waals surface area contributed by atoms with Gasteiger partial charge in [0, 0.05) is 18.2 Å². The maximum absolute atomic E-state index is 13.1. The summed E-state index contributed by atoms with van der Waals surface area (Å²) in [6, 6.07) is 7.13. The molecule has 3 rings (SSSR count). The van der Waals surface area contributed by atoms with E-state index in [1.54, 1.807) is 6.07 Å². The van der Waals surface area contributed by atoms with E-state index in [0.29, 0.717) is 11.1 Å². The fourth-order valence-electron chi connectivity index (χ4n) is 1.94. The van der Waals surface area contributed by atoms with E-state index in [-0.39, 0.29) is 12.2 Å². The van der Waals surface area contributed by atoms with Gasteiger partial charge in [-0.3, -0.25) is 9.78 Å². The summed E-state index contributed by atoms with van der Waals surface area (Å²) in [4.78, 5) is 16.3. The molecule has 2 heterocycles. The van der Waals surface area contributed by atoms with Crippen LogP contribution >= 0.6 is 11.3 Å². The highest BCUT2D eigenvalue weighted by molar-refractivity contribution is 7.17. The maximum atomic E-state index is 13.1. The molecule has 2 nitrogen and oxygen atoms in total. The molecule has 0 radical (unpaired) electrons. The number of hydrogen-bond donors (Lipinski definition) is 0. The Morgan fingerprint density at radius 3 is 2.80 bits per heavy atom. The van der Waals surface area contributed by atoms with Gasteiger partial charge in [0.1, 0.15) is 0 Å². The molecule has 0 unspecified atom stereocenters. The second kappa shape index (κ2) is 5.09. The Labute approximate surface area is 117 Å². The van der Waals surface area contributed by atoms with Crippen molar-refractivity contribution < 1.29 is 13.6 Å². The van der Waals surface area contributed by atoms with E-state index in [2.05, 4.69) is 4.98 Å². The van der Waals surface area contributed by atoms with E-state index in [9.17, 15) is 13.6 Å². The van der Waals surface area contributed by atoms with Crippen molar-refractivity contribution in [2.75, 3.05) is 0 Å². The number of rotatable bonds is 3. The molecule has 5 heteroatoms. The summed E-state index contributed by atoms with van der Waals surface area (Å²) in [6.07, 6.45) is 1.53. The van der Waals surface area contributed by atoms with Crippen LogP contribution in [-0.4, -0.2) is 10.8 Å². The number of carbonyl (C=O) groups excluding carboxylic acids is 1. The predicted molar refractivity (Wildman–Crippen MR) is 74.0 cm³/mol. The molecule has 0 aliphatic rings. The lowest BCUT2D eigenvalue weighted by Gasteiger charge is -2.02. The maximum Gasteiger partial charge on any atom is 0.168 e. The van der Waals surface area contributed by atoms with Gasteiger partial charge in [-0.05, 0) is 35.2 Å². The minimum Gasteiger partial charge on any atom is -0.294 e. The Morgan fingerprint density at radius 2 is 2.00 bits per heavy atom. The molecule has 0 saturated carbocycles. The van der Waals surface area contributed by atoms with Gasteiger partial charge in [0.25, 0.3) is 0 Å². The second-order valence-electron chi connectivity index (χ2n) is 4.38. The number of ketones is 1. The molecular formula is C15H9F2NOS. The average Bonchev–Trinajstić information content (AvgIpc) is 2.90. The fraction of sp³-hybridized carbons (Fsp3) is 0.0667. The average molecular weight is 289 g/mol. The monoisotopic (exact) mass is 289 g/mol. The molecule has 0 bridgehead atoms. The Morgan fingerprint density at radius 1 is 1.15 bits per heavy atom. The highest BCUT2D eigenvalue weighted by Gasteiger charge is 2.11. The number of nitrogens with zero attached hydrogens (tertiary/aromatic N) is 1. The van der Waals surface area contributed by atoms with Crippen LogP contribution in [0.25, 0.3) is 10.2 Å². The molecule has 1 aromatic carbocycles. The van der Waals surface area contributed by atoms with E-state index >= 15 is 0 Å². The van der Waals surface area contributed by atoms with E-state index in [4.69, 9.17) is 0 Å². The van der Waals surface area contributed by atoms with Crippen LogP contribution < -0.4 is 0 Å². The number of benzene rings is 1. The first-order valence-corrected chi connectivity index (χ1v) is 6.82. The standard InChI is InChI=1S/C15H9F2NOS/c16-11-2-1-9(5-12(11)17)6-14(19)10-7-15-13(18-8-10)3-4-20-15/h1-5,7-8H,6H2. The van der Waals surface area contributed by atoms with Crippen molar-refractivity contribution in [2.45, 2.75) is 6.42 Å². The van der Waals surface area contributed by atoms with Crippen molar-refractivity contribution in [1.82, 2.24) is 4.98 Å². The number of Topliss-reactive ketones (excluding diaryl/α,β-unsaturated/α-hetero) is 1. The van der Waals surface area contributed by atoms with E-state index in [1.165, 1.54) is 23.6 Å². The summed E-state index contributed by atoms with van der Waals surface area (Å²) >= 11 is 1.51. The van der Waals surface area contributed by atoms with Crippen LogP contribution in [0, 0.1) is 11.6 Å². The van der Waals surface area contributed by atoms with Gasteiger partial charge < -0.3 is 0 Å². The Hall–Kier alpha value is -2.14. The third kappa shape index (κ3) is 2.44. The molecule has 0 aliphatic carbocycles. The highest BCUT2D eigenvalue weighted by atomic mass is 32.1. The van der Waals surface area contributed by atoms with Crippen LogP contribution in [0.15, 0.2) is 41.9 Å². The minimum absolute atomic E-state index is 0.0236. The predicted octanol–water partition coefficient (Wildman–Crippen LogP) is 4.00. The van der Waals surface area contributed by atoms with Crippen molar-refractivity contribution in [2.24, 2.45) is 0 Å². The van der Waals surface area contributed by atoms with Crippen LogP contribution in [-0.2, 0) is 6.42 Å². The number of carbonyl (C=O) groups is 1. The van der Waals surface area contributed by atoms with Gasteiger partial charge in [-0.25, -0.2) is 8.78 Å². The summed E-state index contributed by atoms with van der Waals surface area (Å²) in [7, 11) is 0. The molecule has 0 amide bonds.